The number of carbonyl (C=O) groups is 1. The number of hydrogen-bond acceptors (Lipinski definition) is 3. The van der Waals surface area contributed by atoms with Gasteiger partial charge in [-0.25, -0.2) is 0 Å². The van der Waals surface area contributed by atoms with Crippen molar-refractivity contribution in [2.75, 3.05) is 5.32 Å². The molecule has 2 aromatic rings. The smallest absolute Gasteiger partial charge is 0.255 e. The number of hydrogen-bond donors (Lipinski definition) is 2. The largest absolute Gasteiger partial charge is 0.322 e. The van der Waals surface area contributed by atoms with Gasteiger partial charge in [-0.1, -0.05) is 50.3 Å². The van der Waals surface area contributed by atoms with Gasteiger partial charge in [0.2, 0.25) is 0 Å². The van der Waals surface area contributed by atoms with Crippen LogP contribution in [0.25, 0.3) is 0 Å². The maximum absolute atomic E-state index is 12.4. The number of para-hydroxylation sites is 1. The molecule has 1 aromatic heterocycles. The first-order chi connectivity index (χ1) is 12.7. The first-order valence-corrected chi connectivity index (χ1v) is 9.75. The number of amides is 1. The molecule has 138 valence electrons. The zero-order chi connectivity index (χ0) is 18.2. The predicted molar refractivity (Wildman–Crippen MR) is 106 cm³/mol. The van der Waals surface area contributed by atoms with E-state index in [1.54, 1.807) is 24.5 Å². The molecule has 26 heavy (non-hydrogen) atoms. The number of rotatable bonds is 7. The zero-order valence-corrected chi connectivity index (χ0v) is 15.6. The van der Waals surface area contributed by atoms with Gasteiger partial charge in [-0.3, -0.25) is 9.78 Å². The molecule has 0 unspecified atom stereocenters. The molecule has 1 heterocycles. The molecule has 1 saturated carbocycles. The van der Waals surface area contributed by atoms with Crippen LogP contribution < -0.4 is 10.6 Å². The molecule has 0 spiro atoms. The fraction of sp³-hybridized carbons (Fsp3) is 0.455. The molecule has 4 heteroatoms. The van der Waals surface area contributed by atoms with Crippen LogP contribution in [0.5, 0.6) is 0 Å². The minimum Gasteiger partial charge on any atom is -0.322 e. The quantitative estimate of drug-likeness (QED) is 0.754. The standard InChI is InChI=1S/C22H29N3O/c1-17(15-18-7-3-2-4-8-18)24-16-20-9-5-6-10-21(20)25-22(26)19-11-13-23-14-12-19/h5-6,9-14,17-18,24H,2-4,7-8,15-16H2,1H3,(H,25,26)/t17-/m0/s1. The molecule has 1 aliphatic carbocycles. The van der Waals surface area contributed by atoms with Crippen LogP contribution in [0.2, 0.25) is 0 Å². The summed E-state index contributed by atoms with van der Waals surface area (Å²) in [5, 5.41) is 6.66. The van der Waals surface area contributed by atoms with E-state index in [9.17, 15) is 4.79 Å². The predicted octanol–water partition coefficient (Wildman–Crippen LogP) is 4.78. The van der Waals surface area contributed by atoms with Crippen LogP contribution in [-0.2, 0) is 6.54 Å². The average Bonchev–Trinajstić information content (AvgIpc) is 2.69. The van der Waals surface area contributed by atoms with Gasteiger partial charge in [0.05, 0.1) is 0 Å². The highest BCUT2D eigenvalue weighted by Gasteiger charge is 2.16. The van der Waals surface area contributed by atoms with Crippen molar-refractivity contribution in [3.63, 3.8) is 0 Å². The van der Waals surface area contributed by atoms with Crippen molar-refractivity contribution >= 4 is 11.6 Å². The highest BCUT2D eigenvalue weighted by Crippen LogP contribution is 2.27. The normalized spacial score (nSPS) is 16.2. The molecule has 1 amide bonds. The molecule has 1 aromatic carbocycles. The summed E-state index contributed by atoms with van der Waals surface area (Å²) in [6.45, 7) is 3.04. The van der Waals surface area contributed by atoms with Crippen molar-refractivity contribution in [1.29, 1.82) is 0 Å². The lowest BCUT2D eigenvalue weighted by Gasteiger charge is -2.25. The molecule has 4 nitrogen and oxygen atoms in total. The monoisotopic (exact) mass is 351 g/mol. The fourth-order valence-electron chi connectivity index (χ4n) is 3.78. The van der Waals surface area contributed by atoms with E-state index >= 15 is 0 Å². The second-order valence-corrected chi connectivity index (χ2v) is 7.37. The van der Waals surface area contributed by atoms with Crippen LogP contribution in [0.4, 0.5) is 5.69 Å². The van der Waals surface area contributed by atoms with Crippen LogP contribution in [-0.4, -0.2) is 16.9 Å². The van der Waals surface area contributed by atoms with E-state index in [4.69, 9.17) is 0 Å². The maximum atomic E-state index is 12.4. The molecule has 1 atom stereocenters. The average molecular weight is 351 g/mol. The molecule has 0 saturated heterocycles. The number of carbonyl (C=O) groups excluding carboxylic acids is 1. The Labute approximate surface area is 156 Å². The number of benzene rings is 1. The highest BCUT2D eigenvalue weighted by atomic mass is 16.1. The van der Waals surface area contributed by atoms with Crippen LogP contribution in [0, 0.1) is 5.92 Å². The van der Waals surface area contributed by atoms with Crippen molar-refractivity contribution in [1.82, 2.24) is 10.3 Å². The van der Waals surface area contributed by atoms with Gasteiger partial charge in [0.1, 0.15) is 0 Å². The van der Waals surface area contributed by atoms with Crippen molar-refractivity contribution in [3.05, 3.63) is 59.9 Å². The van der Waals surface area contributed by atoms with E-state index in [0.29, 0.717) is 11.6 Å². The van der Waals surface area contributed by atoms with Crippen LogP contribution in [0.3, 0.4) is 0 Å². The SMILES string of the molecule is C[C@@H](CC1CCCCC1)NCc1ccccc1NC(=O)c1ccncc1. The molecule has 3 rings (SSSR count). The van der Waals surface area contributed by atoms with Gasteiger partial charge >= 0.3 is 0 Å². The van der Waals surface area contributed by atoms with E-state index in [1.807, 2.05) is 18.2 Å². The summed E-state index contributed by atoms with van der Waals surface area (Å²) in [6.07, 6.45) is 11.5. The summed E-state index contributed by atoms with van der Waals surface area (Å²) in [5.41, 5.74) is 2.60. The van der Waals surface area contributed by atoms with Gasteiger partial charge in [0.15, 0.2) is 0 Å². The Morgan fingerprint density at radius 1 is 1.12 bits per heavy atom. The molecular formula is C22H29N3O. The Hall–Kier alpha value is -2.20. The molecule has 1 aliphatic rings. The molecule has 0 bridgehead atoms. The Morgan fingerprint density at radius 3 is 2.62 bits per heavy atom. The van der Waals surface area contributed by atoms with Gasteiger partial charge in [-0.05, 0) is 43.0 Å². The van der Waals surface area contributed by atoms with Crippen LogP contribution >= 0.6 is 0 Å². The minimum absolute atomic E-state index is 0.102. The van der Waals surface area contributed by atoms with Gasteiger partial charge in [0.25, 0.3) is 5.91 Å². The molecular weight excluding hydrogens is 322 g/mol. The Bertz CT molecular complexity index is 696. The fourth-order valence-corrected chi connectivity index (χ4v) is 3.78. The summed E-state index contributed by atoms with van der Waals surface area (Å²) < 4.78 is 0. The van der Waals surface area contributed by atoms with Gasteiger partial charge in [-0.15, -0.1) is 0 Å². The van der Waals surface area contributed by atoms with E-state index in [-0.39, 0.29) is 5.91 Å². The van der Waals surface area contributed by atoms with Crippen molar-refractivity contribution < 1.29 is 4.79 Å². The molecule has 1 fully saturated rings. The van der Waals surface area contributed by atoms with Gasteiger partial charge < -0.3 is 10.6 Å². The summed E-state index contributed by atoms with van der Waals surface area (Å²) >= 11 is 0. The minimum atomic E-state index is -0.102. The van der Waals surface area contributed by atoms with Crippen LogP contribution in [0.1, 0.15) is 61.4 Å². The third kappa shape index (κ3) is 5.40. The van der Waals surface area contributed by atoms with Crippen molar-refractivity contribution in [3.8, 4) is 0 Å². The van der Waals surface area contributed by atoms with Crippen molar-refractivity contribution in [2.24, 2.45) is 5.92 Å². The first-order valence-electron chi connectivity index (χ1n) is 9.75. The lowest BCUT2D eigenvalue weighted by atomic mass is 9.85. The summed E-state index contributed by atoms with van der Waals surface area (Å²) in [5.74, 6) is 0.767. The van der Waals surface area contributed by atoms with E-state index in [2.05, 4.69) is 28.6 Å². The Kier molecular flexibility index (Phi) is 6.78. The molecule has 0 aliphatic heterocycles. The van der Waals surface area contributed by atoms with Gasteiger partial charge in [0, 0.05) is 36.2 Å². The first kappa shape index (κ1) is 18.6. The summed E-state index contributed by atoms with van der Waals surface area (Å²) in [6, 6.07) is 11.9. The van der Waals surface area contributed by atoms with Crippen LogP contribution in [0.15, 0.2) is 48.8 Å². The lowest BCUT2D eigenvalue weighted by molar-refractivity contribution is 0.102. The van der Waals surface area contributed by atoms with Gasteiger partial charge in [-0.2, -0.15) is 0 Å². The Balaban J connectivity index is 1.55. The number of aromatic nitrogens is 1. The van der Waals surface area contributed by atoms with Crippen molar-refractivity contribution in [2.45, 2.75) is 58.0 Å². The number of anilines is 1. The number of nitrogens with zero attached hydrogens (tertiary/aromatic N) is 1. The number of nitrogens with one attached hydrogen (secondary N) is 2. The maximum Gasteiger partial charge on any atom is 0.255 e. The third-order valence-electron chi connectivity index (χ3n) is 5.26. The van der Waals surface area contributed by atoms with E-state index < -0.39 is 0 Å². The summed E-state index contributed by atoms with van der Waals surface area (Å²) in [4.78, 5) is 16.4. The molecule has 2 N–H and O–H groups in total. The Morgan fingerprint density at radius 2 is 1.85 bits per heavy atom. The number of pyridine rings is 1. The topological polar surface area (TPSA) is 54.0 Å². The second-order valence-electron chi connectivity index (χ2n) is 7.37. The van der Waals surface area contributed by atoms with E-state index in [0.717, 1.165) is 23.7 Å². The molecule has 0 radical (unpaired) electrons. The third-order valence-corrected chi connectivity index (χ3v) is 5.26. The second kappa shape index (κ2) is 9.48. The zero-order valence-electron chi connectivity index (χ0n) is 15.6. The summed E-state index contributed by atoms with van der Waals surface area (Å²) in [7, 11) is 0. The highest BCUT2D eigenvalue weighted by molar-refractivity contribution is 6.04. The lowest BCUT2D eigenvalue weighted by Crippen LogP contribution is -2.29. The van der Waals surface area contributed by atoms with E-state index in [1.165, 1.54) is 38.5 Å².